The second kappa shape index (κ2) is 4.99. The third-order valence-corrected chi connectivity index (χ3v) is 2.65. The first kappa shape index (κ1) is 10.2. The van der Waals surface area contributed by atoms with Crippen LogP contribution in [-0.2, 0) is 4.79 Å². The van der Waals surface area contributed by atoms with Crippen molar-refractivity contribution in [3.8, 4) is 0 Å². The maximum absolute atomic E-state index is 11.3. The van der Waals surface area contributed by atoms with Crippen LogP contribution in [0.1, 0.15) is 12.0 Å². The minimum Gasteiger partial charge on any atom is -0.319 e. The Hall–Kier alpha value is -0.870. The molecule has 0 aliphatic heterocycles. The summed E-state index contributed by atoms with van der Waals surface area (Å²) in [6, 6.07) is 2.00. The van der Waals surface area contributed by atoms with Crippen LogP contribution in [0, 0.1) is 6.92 Å². The molecule has 0 aliphatic carbocycles. The van der Waals surface area contributed by atoms with Crippen LogP contribution in [0.3, 0.4) is 0 Å². The van der Waals surface area contributed by atoms with Gasteiger partial charge in [0, 0.05) is 13.0 Å². The molecule has 72 valence electrons. The van der Waals surface area contributed by atoms with Crippen molar-refractivity contribution in [3.63, 3.8) is 0 Å². The highest BCUT2D eigenvalue weighted by Crippen LogP contribution is 2.21. The lowest BCUT2D eigenvalue weighted by atomic mass is 10.3. The predicted octanol–water partition coefficient (Wildman–Crippen LogP) is 1.60. The van der Waals surface area contributed by atoms with Gasteiger partial charge in [-0.1, -0.05) is 0 Å². The summed E-state index contributed by atoms with van der Waals surface area (Å²) < 4.78 is 0. The Morgan fingerprint density at radius 3 is 2.92 bits per heavy atom. The van der Waals surface area contributed by atoms with E-state index in [-0.39, 0.29) is 5.91 Å². The van der Waals surface area contributed by atoms with Crippen molar-refractivity contribution in [1.29, 1.82) is 0 Å². The molecule has 1 heterocycles. The van der Waals surface area contributed by atoms with Crippen LogP contribution in [0.2, 0.25) is 0 Å². The first-order valence-corrected chi connectivity index (χ1v) is 5.10. The third kappa shape index (κ3) is 3.16. The number of carbonyl (C=O) groups excluding carboxylic acids is 1. The molecule has 4 heteroatoms. The average Bonchev–Trinajstić information content (AvgIpc) is 2.48. The van der Waals surface area contributed by atoms with Gasteiger partial charge in [-0.15, -0.1) is 11.3 Å². The average molecular weight is 198 g/mol. The molecule has 0 unspecified atom stereocenters. The minimum atomic E-state index is 0.0694. The summed E-state index contributed by atoms with van der Waals surface area (Å²) in [6.07, 6.45) is 0.522. The normalized spacial score (nSPS) is 10.0. The van der Waals surface area contributed by atoms with E-state index in [9.17, 15) is 4.79 Å². The van der Waals surface area contributed by atoms with E-state index in [0.29, 0.717) is 6.42 Å². The quantitative estimate of drug-likeness (QED) is 0.771. The SMILES string of the molecule is CNCCC(=O)Nc1sccc1C. The minimum absolute atomic E-state index is 0.0694. The molecule has 0 fully saturated rings. The first-order valence-electron chi connectivity index (χ1n) is 4.22. The summed E-state index contributed by atoms with van der Waals surface area (Å²) in [5.41, 5.74) is 1.13. The van der Waals surface area contributed by atoms with E-state index in [1.807, 2.05) is 25.4 Å². The summed E-state index contributed by atoms with van der Waals surface area (Å²) in [5, 5.41) is 8.73. The van der Waals surface area contributed by atoms with Gasteiger partial charge in [-0.3, -0.25) is 4.79 Å². The van der Waals surface area contributed by atoms with E-state index >= 15 is 0 Å². The summed E-state index contributed by atoms with van der Waals surface area (Å²) in [5.74, 6) is 0.0694. The van der Waals surface area contributed by atoms with Gasteiger partial charge >= 0.3 is 0 Å². The number of hydrogen-bond acceptors (Lipinski definition) is 3. The number of thiophene rings is 1. The van der Waals surface area contributed by atoms with Crippen LogP contribution in [0.5, 0.6) is 0 Å². The van der Waals surface area contributed by atoms with E-state index in [1.54, 1.807) is 11.3 Å². The standard InChI is InChI=1S/C9H14N2OS/c1-7-4-6-13-9(7)11-8(12)3-5-10-2/h4,6,10H,3,5H2,1-2H3,(H,11,12). The molecule has 2 N–H and O–H groups in total. The molecule has 1 aromatic rings. The molecule has 1 amide bonds. The third-order valence-electron chi connectivity index (χ3n) is 1.72. The molecule has 0 aliphatic rings. The molecule has 0 saturated heterocycles. The van der Waals surface area contributed by atoms with Crippen LogP contribution < -0.4 is 10.6 Å². The second-order valence-electron chi connectivity index (χ2n) is 2.83. The van der Waals surface area contributed by atoms with Crippen molar-refractivity contribution in [1.82, 2.24) is 5.32 Å². The highest BCUT2D eigenvalue weighted by molar-refractivity contribution is 7.14. The van der Waals surface area contributed by atoms with Gasteiger partial charge in [0.15, 0.2) is 0 Å². The van der Waals surface area contributed by atoms with Gasteiger partial charge in [0.05, 0.1) is 5.00 Å². The molecule has 0 bridgehead atoms. The smallest absolute Gasteiger partial charge is 0.226 e. The van der Waals surface area contributed by atoms with E-state index in [0.717, 1.165) is 17.1 Å². The van der Waals surface area contributed by atoms with Crippen LogP contribution in [-0.4, -0.2) is 19.5 Å². The van der Waals surface area contributed by atoms with Crippen LogP contribution in [0.4, 0.5) is 5.00 Å². The zero-order valence-electron chi connectivity index (χ0n) is 7.89. The van der Waals surface area contributed by atoms with E-state index in [4.69, 9.17) is 0 Å². The van der Waals surface area contributed by atoms with Gasteiger partial charge in [0.1, 0.15) is 0 Å². The molecular formula is C9H14N2OS. The van der Waals surface area contributed by atoms with Crippen molar-refractivity contribution < 1.29 is 4.79 Å². The van der Waals surface area contributed by atoms with Crippen molar-refractivity contribution in [3.05, 3.63) is 17.0 Å². The molecule has 1 rings (SSSR count). The fourth-order valence-electron chi connectivity index (χ4n) is 0.928. The fraction of sp³-hybridized carbons (Fsp3) is 0.444. The van der Waals surface area contributed by atoms with Gasteiger partial charge in [-0.2, -0.15) is 0 Å². The second-order valence-corrected chi connectivity index (χ2v) is 3.75. The summed E-state index contributed by atoms with van der Waals surface area (Å²) >= 11 is 1.56. The lowest BCUT2D eigenvalue weighted by molar-refractivity contribution is -0.116. The molecule has 0 spiro atoms. The summed E-state index contributed by atoms with van der Waals surface area (Å²) in [4.78, 5) is 11.3. The molecule has 1 aromatic heterocycles. The number of nitrogens with one attached hydrogen (secondary N) is 2. The van der Waals surface area contributed by atoms with Crippen LogP contribution >= 0.6 is 11.3 Å². The van der Waals surface area contributed by atoms with Crippen LogP contribution in [0.25, 0.3) is 0 Å². The summed E-state index contributed by atoms with van der Waals surface area (Å²) in [7, 11) is 1.84. The number of carbonyl (C=O) groups is 1. The van der Waals surface area contributed by atoms with E-state index < -0.39 is 0 Å². The van der Waals surface area contributed by atoms with Crippen molar-refractivity contribution >= 4 is 22.2 Å². The van der Waals surface area contributed by atoms with Gasteiger partial charge < -0.3 is 10.6 Å². The molecule has 0 saturated carbocycles. The Kier molecular flexibility index (Phi) is 3.92. The fourth-order valence-corrected chi connectivity index (χ4v) is 1.76. The molecular weight excluding hydrogens is 184 g/mol. The number of hydrogen-bond donors (Lipinski definition) is 2. The lowest BCUT2D eigenvalue weighted by Crippen LogP contribution is -2.18. The van der Waals surface area contributed by atoms with E-state index in [2.05, 4.69) is 10.6 Å². The van der Waals surface area contributed by atoms with Gasteiger partial charge in [-0.05, 0) is 31.0 Å². The maximum atomic E-state index is 11.3. The van der Waals surface area contributed by atoms with Crippen molar-refractivity contribution in [2.75, 3.05) is 18.9 Å². The van der Waals surface area contributed by atoms with Gasteiger partial charge in [0.2, 0.25) is 5.91 Å². The number of rotatable bonds is 4. The molecule has 0 aromatic carbocycles. The van der Waals surface area contributed by atoms with E-state index in [1.165, 1.54) is 0 Å². The molecule has 0 atom stereocenters. The van der Waals surface area contributed by atoms with Crippen molar-refractivity contribution in [2.24, 2.45) is 0 Å². The largest absolute Gasteiger partial charge is 0.319 e. The predicted molar refractivity (Wildman–Crippen MR) is 56.2 cm³/mol. The lowest BCUT2D eigenvalue weighted by Gasteiger charge is -2.02. The van der Waals surface area contributed by atoms with Crippen molar-refractivity contribution in [2.45, 2.75) is 13.3 Å². The topological polar surface area (TPSA) is 41.1 Å². The van der Waals surface area contributed by atoms with Gasteiger partial charge in [-0.25, -0.2) is 0 Å². The molecule has 0 radical (unpaired) electrons. The highest BCUT2D eigenvalue weighted by atomic mass is 32.1. The number of aryl methyl sites for hydroxylation is 1. The monoisotopic (exact) mass is 198 g/mol. The Balaban J connectivity index is 2.41. The molecule has 3 nitrogen and oxygen atoms in total. The van der Waals surface area contributed by atoms with Crippen LogP contribution in [0.15, 0.2) is 11.4 Å². The Labute approximate surface area is 82.2 Å². The Bertz CT molecular complexity index is 283. The maximum Gasteiger partial charge on any atom is 0.226 e. The Morgan fingerprint density at radius 1 is 1.62 bits per heavy atom. The number of amides is 1. The van der Waals surface area contributed by atoms with Gasteiger partial charge in [0.25, 0.3) is 0 Å². The molecule has 13 heavy (non-hydrogen) atoms. The zero-order chi connectivity index (χ0) is 9.68. The number of anilines is 1. The zero-order valence-corrected chi connectivity index (χ0v) is 8.70. The Morgan fingerprint density at radius 2 is 2.38 bits per heavy atom. The summed E-state index contributed by atoms with van der Waals surface area (Å²) in [6.45, 7) is 2.71. The highest BCUT2D eigenvalue weighted by Gasteiger charge is 2.04. The first-order chi connectivity index (χ1) is 6.24.